The van der Waals surface area contributed by atoms with Crippen molar-refractivity contribution in [3.05, 3.63) is 12.3 Å². The van der Waals surface area contributed by atoms with E-state index in [0.29, 0.717) is 18.3 Å². The smallest absolute Gasteiger partial charge is 0.229 e. The molecule has 0 aliphatic heterocycles. The van der Waals surface area contributed by atoms with Crippen LogP contribution < -0.4 is 11.1 Å². The molecule has 3 N–H and O–H groups in total. The number of hydrogen-bond donors (Lipinski definition) is 2. The second-order valence-electron chi connectivity index (χ2n) is 4.40. The first kappa shape index (κ1) is 11.1. The van der Waals surface area contributed by atoms with Crippen molar-refractivity contribution in [2.24, 2.45) is 24.6 Å². The van der Waals surface area contributed by atoms with E-state index >= 15 is 0 Å². The molecule has 88 valence electrons. The van der Waals surface area contributed by atoms with Crippen molar-refractivity contribution in [2.75, 3.05) is 11.9 Å². The number of carbonyl (C=O) groups excluding carboxylic acids is 1. The van der Waals surface area contributed by atoms with Gasteiger partial charge in [0.05, 0.1) is 0 Å². The predicted molar refractivity (Wildman–Crippen MR) is 61.7 cm³/mol. The normalized spacial score (nSPS) is 24.6. The van der Waals surface area contributed by atoms with Gasteiger partial charge in [-0.15, -0.1) is 0 Å². The molecule has 0 spiro atoms. The van der Waals surface area contributed by atoms with Gasteiger partial charge >= 0.3 is 0 Å². The van der Waals surface area contributed by atoms with Crippen LogP contribution in [0.4, 0.5) is 5.82 Å². The average molecular weight is 222 g/mol. The third-order valence-electron chi connectivity index (χ3n) is 3.26. The quantitative estimate of drug-likeness (QED) is 0.792. The van der Waals surface area contributed by atoms with Crippen LogP contribution in [-0.4, -0.2) is 22.2 Å². The first-order valence-corrected chi connectivity index (χ1v) is 5.71. The molecule has 0 aromatic carbocycles. The van der Waals surface area contributed by atoms with Gasteiger partial charge in [0.1, 0.15) is 0 Å². The van der Waals surface area contributed by atoms with Crippen LogP contribution in [0.1, 0.15) is 19.3 Å². The number of amides is 1. The molecule has 1 fully saturated rings. The van der Waals surface area contributed by atoms with E-state index in [1.807, 2.05) is 13.2 Å². The lowest BCUT2D eigenvalue weighted by Crippen LogP contribution is -2.29. The van der Waals surface area contributed by atoms with Gasteiger partial charge in [0.25, 0.3) is 0 Å². The summed E-state index contributed by atoms with van der Waals surface area (Å²) in [7, 11) is 1.83. The van der Waals surface area contributed by atoms with Crippen LogP contribution in [0, 0.1) is 11.8 Å². The van der Waals surface area contributed by atoms with Crippen LogP contribution in [0.25, 0.3) is 0 Å². The molecule has 1 saturated carbocycles. The Morgan fingerprint density at radius 2 is 2.50 bits per heavy atom. The zero-order chi connectivity index (χ0) is 11.5. The number of nitrogens with one attached hydrogen (secondary N) is 1. The number of aromatic nitrogens is 2. The van der Waals surface area contributed by atoms with Gasteiger partial charge < -0.3 is 11.1 Å². The van der Waals surface area contributed by atoms with Crippen molar-refractivity contribution in [2.45, 2.75) is 19.3 Å². The lowest BCUT2D eigenvalue weighted by atomic mass is 9.95. The molecule has 1 heterocycles. The van der Waals surface area contributed by atoms with E-state index in [0.717, 1.165) is 19.3 Å². The minimum atomic E-state index is 0.0617. The number of aryl methyl sites for hydroxylation is 1. The molecule has 1 aromatic heterocycles. The van der Waals surface area contributed by atoms with Gasteiger partial charge in [-0.05, 0) is 25.3 Å². The summed E-state index contributed by atoms with van der Waals surface area (Å²) in [5.41, 5.74) is 5.66. The summed E-state index contributed by atoms with van der Waals surface area (Å²) >= 11 is 0. The number of nitrogens with zero attached hydrogens (tertiary/aromatic N) is 2. The largest absolute Gasteiger partial charge is 0.330 e. The highest BCUT2D eigenvalue weighted by atomic mass is 16.2. The highest BCUT2D eigenvalue weighted by Crippen LogP contribution is 2.31. The maximum absolute atomic E-state index is 12.0. The summed E-state index contributed by atoms with van der Waals surface area (Å²) in [5, 5.41) is 6.97. The number of carbonyl (C=O) groups is 1. The molecule has 0 saturated heterocycles. The molecule has 5 nitrogen and oxygen atoms in total. The number of nitrogens with two attached hydrogens (primary N) is 1. The number of hydrogen-bond acceptors (Lipinski definition) is 3. The molecule has 1 aliphatic rings. The predicted octanol–water partition coefficient (Wildman–Crippen LogP) is 0.734. The van der Waals surface area contributed by atoms with Crippen LogP contribution in [0.15, 0.2) is 12.3 Å². The molecule has 2 rings (SSSR count). The Bertz CT molecular complexity index is 374. The highest BCUT2D eigenvalue weighted by molar-refractivity contribution is 5.92. The van der Waals surface area contributed by atoms with Gasteiger partial charge in [0.15, 0.2) is 5.82 Å². The lowest BCUT2D eigenvalue weighted by Gasteiger charge is -2.16. The molecular weight excluding hydrogens is 204 g/mol. The van der Waals surface area contributed by atoms with E-state index in [1.165, 1.54) is 0 Å². The van der Waals surface area contributed by atoms with Crippen LogP contribution >= 0.6 is 0 Å². The summed E-state index contributed by atoms with van der Waals surface area (Å²) in [4.78, 5) is 12.0. The van der Waals surface area contributed by atoms with Crippen molar-refractivity contribution in [1.29, 1.82) is 0 Å². The summed E-state index contributed by atoms with van der Waals surface area (Å²) in [6.45, 7) is 0.598. The Morgan fingerprint density at radius 3 is 3.12 bits per heavy atom. The molecule has 1 aliphatic carbocycles. The first-order valence-electron chi connectivity index (χ1n) is 5.71. The van der Waals surface area contributed by atoms with Gasteiger partial charge in [-0.3, -0.25) is 9.48 Å². The second kappa shape index (κ2) is 4.65. The Kier molecular flexibility index (Phi) is 3.24. The number of rotatable bonds is 3. The maximum atomic E-state index is 12.0. The fourth-order valence-corrected chi connectivity index (χ4v) is 2.36. The van der Waals surface area contributed by atoms with Crippen molar-refractivity contribution < 1.29 is 4.79 Å². The summed E-state index contributed by atoms with van der Waals surface area (Å²) < 4.78 is 1.67. The van der Waals surface area contributed by atoms with Gasteiger partial charge in [0, 0.05) is 25.2 Å². The standard InChI is InChI=1S/C11H18N4O/c1-15-6-5-10(14-15)13-11(16)9-4-2-3-8(9)7-12/h5-6,8-9H,2-4,7,12H2,1H3,(H,13,14,16). The van der Waals surface area contributed by atoms with E-state index < -0.39 is 0 Å². The maximum Gasteiger partial charge on any atom is 0.229 e. The summed E-state index contributed by atoms with van der Waals surface area (Å²) in [5.74, 6) is 1.08. The number of anilines is 1. The molecule has 5 heteroatoms. The van der Waals surface area contributed by atoms with Crippen molar-refractivity contribution >= 4 is 11.7 Å². The van der Waals surface area contributed by atoms with Crippen molar-refractivity contribution in [3.63, 3.8) is 0 Å². The Balaban J connectivity index is 1.97. The zero-order valence-electron chi connectivity index (χ0n) is 9.52. The second-order valence-corrected chi connectivity index (χ2v) is 4.40. The lowest BCUT2D eigenvalue weighted by molar-refractivity contribution is -0.120. The molecule has 1 aromatic rings. The Hall–Kier alpha value is -1.36. The monoisotopic (exact) mass is 222 g/mol. The van der Waals surface area contributed by atoms with E-state index in [2.05, 4.69) is 10.4 Å². The van der Waals surface area contributed by atoms with Crippen LogP contribution in [0.2, 0.25) is 0 Å². The van der Waals surface area contributed by atoms with Crippen LogP contribution in [0.3, 0.4) is 0 Å². The van der Waals surface area contributed by atoms with Crippen LogP contribution in [-0.2, 0) is 11.8 Å². The third-order valence-corrected chi connectivity index (χ3v) is 3.26. The molecular formula is C11H18N4O. The molecule has 2 atom stereocenters. The summed E-state index contributed by atoms with van der Waals surface area (Å²) in [6, 6.07) is 1.80. The molecule has 2 unspecified atom stereocenters. The van der Waals surface area contributed by atoms with E-state index in [4.69, 9.17) is 5.73 Å². The van der Waals surface area contributed by atoms with Crippen molar-refractivity contribution in [1.82, 2.24) is 9.78 Å². The SMILES string of the molecule is Cn1ccc(NC(=O)C2CCCC2CN)n1. The molecule has 0 radical (unpaired) electrons. The van der Waals surface area contributed by atoms with Gasteiger partial charge in [-0.1, -0.05) is 6.42 Å². The third kappa shape index (κ3) is 2.24. The first-order chi connectivity index (χ1) is 7.70. The minimum Gasteiger partial charge on any atom is -0.330 e. The molecule has 1 amide bonds. The van der Waals surface area contributed by atoms with Crippen LogP contribution in [0.5, 0.6) is 0 Å². The van der Waals surface area contributed by atoms with E-state index in [9.17, 15) is 4.79 Å². The topological polar surface area (TPSA) is 72.9 Å². The van der Waals surface area contributed by atoms with E-state index in [1.54, 1.807) is 10.7 Å². The Morgan fingerprint density at radius 1 is 1.69 bits per heavy atom. The fraction of sp³-hybridized carbons (Fsp3) is 0.636. The van der Waals surface area contributed by atoms with Crippen molar-refractivity contribution in [3.8, 4) is 0 Å². The van der Waals surface area contributed by atoms with E-state index in [-0.39, 0.29) is 11.8 Å². The molecule has 16 heavy (non-hydrogen) atoms. The highest BCUT2D eigenvalue weighted by Gasteiger charge is 2.32. The minimum absolute atomic E-state index is 0.0617. The van der Waals surface area contributed by atoms with Gasteiger partial charge in [-0.2, -0.15) is 5.10 Å². The fourth-order valence-electron chi connectivity index (χ4n) is 2.36. The molecule has 0 bridgehead atoms. The average Bonchev–Trinajstić information content (AvgIpc) is 2.86. The van der Waals surface area contributed by atoms with Gasteiger partial charge in [0.2, 0.25) is 5.91 Å². The Labute approximate surface area is 95.0 Å². The summed E-state index contributed by atoms with van der Waals surface area (Å²) in [6.07, 6.45) is 4.92. The van der Waals surface area contributed by atoms with Gasteiger partial charge in [-0.25, -0.2) is 0 Å². The zero-order valence-corrected chi connectivity index (χ0v) is 9.52.